The summed E-state index contributed by atoms with van der Waals surface area (Å²) in [6, 6.07) is 4.30. The molecule has 1 aliphatic carbocycles. The molecule has 0 aromatic heterocycles. The Balaban J connectivity index is 2.42. The number of hydrogen-bond acceptors (Lipinski definition) is 3. The van der Waals surface area contributed by atoms with E-state index in [1.165, 1.54) is 12.1 Å². The first-order valence-corrected chi connectivity index (χ1v) is 6.76. The van der Waals surface area contributed by atoms with Crippen molar-refractivity contribution in [2.45, 2.75) is 25.1 Å². The van der Waals surface area contributed by atoms with Crippen LogP contribution in [-0.2, 0) is 16.5 Å². The first-order chi connectivity index (χ1) is 8.79. The Kier molecular flexibility index (Phi) is 3.69. The number of alkyl halides is 3. The fourth-order valence-corrected chi connectivity index (χ4v) is 2.98. The minimum atomic E-state index is -4.48. The Hall–Kier alpha value is -1.34. The summed E-state index contributed by atoms with van der Waals surface area (Å²) in [7, 11) is -2.54. The lowest BCUT2D eigenvalue weighted by molar-refractivity contribution is -0.137. The van der Waals surface area contributed by atoms with Crippen LogP contribution < -0.4 is 5.73 Å². The summed E-state index contributed by atoms with van der Waals surface area (Å²) in [6.45, 7) is 0. The van der Waals surface area contributed by atoms with E-state index in [1.807, 2.05) is 0 Å². The molecule has 0 saturated heterocycles. The fraction of sp³-hybridized carbons (Fsp3) is 0.417. The molecule has 0 bridgehead atoms. The summed E-state index contributed by atoms with van der Waals surface area (Å²) in [5.41, 5.74) is 4.84. The van der Waals surface area contributed by atoms with Crippen molar-refractivity contribution in [1.82, 2.24) is 0 Å². The molecule has 2 N–H and O–H groups in total. The predicted molar refractivity (Wildman–Crippen MR) is 65.2 cm³/mol. The Morgan fingerprint density at radius 3 is 2.37 bits per heavy atom. The number of benzene rings is 1. The molecule has 19 heavy (non-hydrogen) atoms. The van der Waals surface area contributed by atoms with Gasteiger partial charge in [-0.25, -0.2) is 0 Å². The zero-order valence-electron chi connectivity index (χ0n) is 9.81. The highest BCUT2D eigenvalue weighted by Gasteiger charge is 2.34. The molecule has 0 heterocycles. The maximum atomic E-state index is 12.6. The normalized spacial score (nSPS) is 22.7. The highest BCUT2D eigenvalue weighted by molar-refractivity contribution is 7.73. The van der Waals surface area contributed by atoms with E-state index >= 15 is 0 Å². The molecule has 7 heteroatoms. The Morgan fingerprint density at radius 2 is 1.89 bits per heavy atom. The monoisotopic (exact) mass is 291 g/mol. The molecule has 2 rings (SSSR count). The van der Waals surface area contributed by atoms with Crippen molar-refractivity contribution in [3.8, 4) is 0 Å². The van der Waals surface area contributed by atoms with Crippen LogP contribution in [0.5, 0.6) is 0 Å². The highest BCUT2D eigenvalue weighted by atomic mass is 32.2. The van der Waals surface area contributed by atoms with Gasteiger partial charge in [0.25, 0.3) is 0 Å². The summed E-state index contributed by atoms with van der Waals surface area (Å²) < 4.78 is 60.3. The molecule has 0 atom stereocenters. The zero-order chi connectivity index (χ0) is 14.2. The molecule has 1 aromatic carbocycles. The molecular formula is C12H12F3NO2S. The second-order valence-corrected chi connectivity index (χ2v) is 5.52. The second-order valence-electron chi connectivity index (χ2n) is 4.61. The maximum absolute atomic E-state index is 12.6. The van der Waals surface area contributed by atoms with E-state index in [1.54, 1.807) is 0 Å². The molecule has 1 fully saturated rings. The van der Waals surface area contributed by atoms with Crippen LogP contribution in [0, 0.1) is 5.92 Å². The average molecular weight is 291 g/mol. The minimum Gasteiger partial charge on any atom is -0.328 e. The third-order valence-corrected chi connectivity index (χ3v) is 4.13. The van der Waals surface area contributed by atoms with Crippen LogP contribution in [-0.4, -0.2) is 19.3 Å². The van der Waals surface area contributed by atoms with E-state index in [9.17, 15) is 21.6 Å². The Bertz CT molecular complexity index is 608. The van der Waals surface area contributed by atoms with Gasteiger partial charge in [0.15, 0.2) is 0 Å². The van der Waals surface area contributed by atoms with Gasteiger partial charge in [-0.15, -0.1) is 0 Å². The predicted octanol–water partition coefficient (Wildman–Crippen LogP) is 1.84. The van der Waals surface area contributed by atoms with Gasteiger partial charge in [-0.1, -0.05) is 12.1 Å². The van der Waals surface area contributed by atoms with Gasteiger partial charge in [-0.3, -0.25) is 0 Å². The summed E-state index contributed by atoms with van der Waals surface area (Å²) >= 11 is 0. The summed E-state index contributed by atoms with van der Waals surface area (Å²) in [5, 5.41) is 0. The van der Waals surface area contributed by atoms with Gasteiger partial charge in [-0.2, -0.15) is 21.6 Å². The van der Waals surface area contributed by atoms with Crippen LogP contribution in [0.3, 0.4) is 0 Å². The van der Waals surface area contributed by atoms with Gasteiger partial charge in [0.1, 0.15) is 0 Å². The molecule has 3 nitrogen and oxygen atoms in total. The smallest absolute Gasteiger partial charge is 0.328 e. The molecular weight excluding hydrogens is 279 g/mol. The van der Waals surface area contributed by atoms with Gasteiger partial charge in [0.2, 0.25) is 10.3 Å². The lowest BCUT2D eigenvalue weighted by Crippen LogP contribution is -2.41. The van der Waals surface area contributed by atoms with E-state index < -0.39 is 22.0 Å². The average Bonchev–Trinajstić information content (AvgIpc) is 2.26. The lowest BCUT2D eigenvalue weighted by Gasteiger charge is -2.32. The molecule has 104 valence electrons. The quantitative estimate of drug-likeness (QED) is 0.668. The minimum absolute atomic E-state index is 0.0211. The van der Waals surface area contributed by atoms with Crippen LogP contribution in [0.1, 0.15) is 24.0 Å². The van der Waals surface area contributed by atoms with Crippen LogP contribution in [0.15, 0.2) is 24.3 Å². The summed E-state index contributed by atoms with van der Waals surface area (Å²) in [6.07, 6.45) is -3.51. The van der Waals surface area contributed by atoms with E-state index in [0.29, 0.717) is 12.8 Å². The molecule has 1 aromatic rings. The lowest BCUT2D eigenvalue weighted by atomic mass is 9.77. The number of nitrogens with two attached hydrogens (primary N) is 1. The maximum Gasteiger partial charge on any atom is 0.416 e. The van der Waals surface area contributed by atoms with Crippen LogP contribution in [0.4, 0.5) is 13.2 Å². The van der Waals surface area contributed by atoms with Crippen molar-refractivity contribution < 1.29 is 21.6 Å². The van der Waals surface area contributed by atoms with E-state index in [0.717, 1.165) is 12.1 Å². The molecule has 0 radical (unpaired) electrons. The van der Waals surface area contributed by atoms with Crippen LogP contribution in [0.2, 0.25) is 0 Å². The summed E-state index contributed by atoms with van der Waals surface area (Å²) in [4.78, 5) is 0.0211. The van der Waals surface area contributed by atoms with Gasteiger partial charge < -0.3 is 5.73 Å². The zero-order valence-corrected chi connectivity index (χ0v) is 10.6. The number of hydrogen-bond donors (Lipinski definition) is 1. The standard InChI is InChI=1S/C12H12F3NO2S/c13-12(14,15)9-3-1-2-7(4-9)11(19(17)18)8-5-10(16)6-8/h1-4,8,10H,5-6,16H2. The third kappa shape index (κ3) is 2.98. The van der Waals surface area contributed by atoms with Crippen LogP contribution >= 0.6 is 0 Å². The summed E-state index contributed by atoms with van der Waals surface area (Å²) in [5.74, 6) is -0.281. The molecule has 0 aliphatic heterocycles. The van der Waals surface area contributed by atoms with Crippen molar-refractivity contribution >= 4 is 15.2 Å². The van der Waals surface area contributed by atoms with Gasteiger partial charge in [-0.05, 0) is 30.5 Å². The molecule has 0 amide bonds. The van der Waals surface area contributed by atoms with Crippen molar-refractivity contribution in [2.24, 2.45) is 11.7 Å². The SMILES string of the molecule is NC1CC(C(c2cccc(C(F)(F)F)c2)=S(=O)=O)C1. The third-order valence-electron chi connectivity index (χ3n) is 3.20. The first kappa shape index (κ1) is 14.1. The van der Waals surface area contributed by atoms with Crippen molar-refractivity contribution in [2.75, 3.05) is 0 Å². The molecule has 1 aliphatic rings. The first-order valence-electron chi connectivity index (χ1n) is 5.68. The van der Waals surface area contributed by atoms with E-state index in [-0.39, 0.29) is 22.4 Å². The topological polar surface area (TPSA) is 60.2 Å². The Labute approximate surface area is 109 Å². The molecule has 1 saturated carbocycles. The molecule has 0 spiro atoms. The Morgan fingerprint density at radius 1 is 1.26 bits per heavy atom. The number of rotatable bonds is 2. The highest BCUT2D eigenvalue weighted by Crippen LogP contribution is 2.33. The van der Waals surface area contributed by atoms with Crippen molar-refractivity contribution in [3.05, 3.63) is 35.4 Å². The van der Waals surface area contributed by atoms with Crippen molar-refractivity contribution in [3.63, 3.8) is 0 Å². The van der Waals surface area contributed by atoms with Gasteiger partial charge in [0.05, 0.1) is 10.4 Å². The second kappa shape index (κ2) is 4.97. The van der Waals surface area contributed by atoms with Gasteiger partial charge in [0, 0.05) is 12.0 Å². The number of halogens is 3. The van der Waals surface area contributed by atoms with Crippen LogP contribution in [0.25, 0.3) is 0 Å². The molecule has 0 unspecified atom stereocenters. The fourth-order valence-electron chi connectivity index (χ4n) is 2.19. The largest absolute Gasteiger partial charge is 0.416 e. The van der Waals surface area contributed by atoms with Crippen molar-refractivity contribution in [1.29, 1.82) is 0 Å². The van der Waals surface area contributed by atoms with Gasteiger partial charge >= 0.3 is 6.18 Å². The van der Waals surface area contributed by atoms with E-state index in [2.05, 4.69) is 0 Å². The van der Waals surface area contributed by atoms with E-state index in [4.69, 9.17) is 5.73 Å².